The first-order valence-electron chi connectivity index (χ1n) is 6.16. The summed E-state index contributed by atoms with van der Waals surface area (Å²) in [7, 11) is 0. The maximum absolute atomic E-state index is 12.2. The molecule has 0 saturated heterocycles. The lowest BCUT2D eigenvalue weighted by molar-refractivity contribution is -0.140. The van der Waals surface area contributed by atoms with Crippen molar-refractivity contribution >= 4 is 23.2 Å². The molecule has 1 atom stereocenters. The minimum absolute atomic E-state index is 0.154. The number of aromatic nitrogens is 4. The molecule has 1 amide bonds. The predicted molar refractivity (Wildman–Crippen MR) is 76.9 cm³/mol. The third-order valence-corrected chi connectivity index (χ3v) is 3.47. The number of carbonyl (C=O) groups is 2. The van der Waals surface area contributed by atoms with Gasteiger partial charge in [-0.3, -0.25) is 4.79 Å². The van der Waals surface area contributed by atoms with Gasteiger partial charge in [-0.15, -0.1) is 23.0 Å². The van der Waals surface area contributed by atoms with Crippen LogP contribution in [0.4, 0.5) is 0 Å². The third kappa shape index (κ3) is 3.74. The summed E-state index contributed by atoms with van der Waals surface area (Å²) in [6.45, 7) is 3.51. The van der Waals surface area contributed by atoms with Crippen LogP contribution in [-0.2, 0) is 9.53 Å². The van der Waals surface area contributed by atoms with E-state index in [9.17, 15) is 9.59 Å². The van der Waals surface area contributed by atoms with Crippen LogP contribution in [0.2, 0.25) is 0 Å². The van der Waals surface area contributed by atoms with Crippen LogP contribution in [0.5, 0.6) is 0 Å². The van der Waals surface area contributed by atoms with E-state index in [0.717, 1.165) is 11.3 Å². The van der Waals surface area contributed by atoms with Gasteiger partial charge in [0.15, 0.2) is 6.04 Å². The summed E-state index contributed by atoms with van der Waals surface area (Å²) in [5, 5.41) is 23.9. The van der Waals surface area contributed by atoms with Crippen molar-refractivity contribution in [3.63, 3.8) is 0 Å². The van der Waals surface area contributed by atoms with Gasteiger partial charge in [-0.05, 0) is 21.9 Å². The molecule has 0 bridgehead atoms. The molecule has 0 aromatic carbocycles. The van der Waals surface area contributed by atoms with Gasteiger partial charge < -0.3 is 15.2 Å². The first-order valence-corrected chi connectivity index (χ1v) is 7.04. The lowest BCUT2D eigenvalue weighted by atomic mass is 10.3. The van der Waals surface area contributed by atoms with Crippen LogP contribution in [-0.4, -0.2) is 56.4 Å². The van der Waals surface area contributed by atoms with Crippen LogP contribution in [0.15, 0.2) is 30.4 Å². The molecule has 2 heterocycles. The fourth-order valence-electron chi connectivity index (χ4n) is 1.59. The Kier molecular flexibility index (Phi) is 5.33. The molecular weight excluding hydrogens is 310 g/mol. The average molecular weight is 323 g/mol. The van der Waals surface area contributed by atoms with Crippen molar-refractivity contribution in [2.24, 2.45) is 0 Å². The van der Waals surface area contributed by atoms with Crippen LogP contribution in [0.3, 0.4) is 0 Å². The van der Waals surface area contributed by atoms with E-state index in [1.54, 1.807) is 11.4 Å². The molecular formula is C12H13N5O4S. The number of carboxylic acids is 1. The van der Waals surface area contributed by atoms with Crippen molar-refractivity contribution < 1.29 is 19.4 Å². The highest BCUT2D eigenvalue weighted by molar-refractivity contribution is 7.12. The summed E-state index contributed by atoms with van der Waals surface area (Å²) in [6, 6.07) is 0.510. The van der Waals surface area contributed by atoms with Crippen LogP contribution in [0, 0.1) is 0 Å². The molecule has 10 heteroatoms. The van der Waals surface area contributed by atoms with Gasteiger partial charge in [0, 0.05) is 0 Å². The zero-order valence-corrected chi connectivity index (χ0v) is 12.2. The zero-order chi connectivity index (χ0) is 15.9. The van der Waals surface area contributed by atoms with E-state index in [1.165, 1.54) is 17.1 Å². The van der Waals surface area contributed by atoms with Crippen LogP contribution in [0.1, 0.15) is 9.67 Å². The molecule has 0 spiro atoms. The highest BCUT2D eigenvalue weighted by Crippen LogP contribution is 2.19. The minimum atomic E-state index is -1.18. The number of tetrazole rings is 1. The summed E-state index contributed by atoms with van der Waals surface area (Å²) in [6.07, 6.45) is 2.84. The normalized spacial score (nSPS) is 11.8. The molecule has 2 rings (SSSR count). The molecule has 2 aromatic rings. The molecule has 0 radical (unpaired) electrons. The third-order valence-electron chi connectivity index (χ3n) is 2.57. The molecule has 2 N–H and O–H groups in total. The molecule has 0 aliphatic heterocycles. The van der Waals surface area contributed by atoms with E-state index in [-0.39, 0.29) is 13.2 Å². The fraction of sp³-hybridized carbons (Fsp3) is 0.250. The first-order chi connectivity index (χ1) is 10.6. The highest BCUT2D eigenvalue weighted by Gasteiger charge is 2.23. The number of hydrogen-bond acceptors (Lipinski definition) is 7. The molecule has 2 aromatic heterocycles. The second kappa shape index (κ2) is 7.43. The monoisotopic (exact) mass is 323 g/mol. The Balaban J connectivity index is 2.09. The molecule has 0 aliphatic carbocycles. The van der Waals surface area contributed by atoms with E-state index in [0.29, 0.717) is 10.6 Å². The number of nitrogens with one attached hydrogen (secondary N) is 1. The zero-order valence-electron chi connectivity index (χ0n) is 11.4. The Bertz CT molecular complexity index is 654. The van der Waals surface area contributed by atoms with Gasteiger partial charge in [0.05, 0.1) is 18.9 Å². The first kappa shape index (κ1) is 15.8. The molecule has 22 heavy (non-hydrogen) atoms. The maximum atomic E-state index is 12.2. The Morgan fingerprint density at radius 3 is 3.05 bits per heavy atom. The van der Waals surface area contributed by atoms with E-state index >= 15 is 0 Å². The standard InChI is InChI=1S/C12H13N5O4S/c1-2-4-21-6-8(12(19)20)14-11(18)10-9(3-5-22-10)17-7-13-15-16-17/h2-3,5,7-8H,1,4,6H2,(H,14,18)(H,19,20). The summed E-state index contributed by atoms with van der Waals surface area (Å²) in [5.74, 6) is -1.71. The minimum Gasteiger partial charge on any atom is -0.480 e. The van der Waals surface area contributed by atoms with Gasteiger partial charge in [-0.1, -0.05) is 6.08 Å². The number of carboxylic acid groups (broad SMARTS) is 1. The maximum Gasteiger partial charge on any atom is 0.328 e. The van der Waals surface area contributed by atoms with E-state index in [1.807, 2.05) is 0 Å². The predicted octanol–water partition coefficient (Wildman–Crippen LogP) is 0.109. The van der Waals surface area contributed by atoms with Crippen molar-refractivity contribution in [1.82, 2.24) is 25.5 Å². The van der Waals surface area contributed by atoms with E-state index in [2.05, 4.69) is 27.4 Å². The van der Waals surface area contributed by atoms with E-state index < -0.39 is 17.9 Å². The molecule has 116 valence electrons. The summed E-state index contributed by atoms with van der Waals surface area (Å²) < 4.78 is 6.41. The SMILES string of the molecule is C=CCOCC(NC(=O)c1sccc1-n1cnnn1)C(=O)O. The summed E-state index contributed by atoms with van der Waals surface area (Å²) >= 11 is 1.16. The lowest BCUT2D eigenvalue weighted by Gasteiger charge is -2.14. The number of nitrogens with zero attached hydrogens (tertiary/aromatic N) is 4. The average Bonchev–Trinajstić information content (AvgIpc) is 3.16. The van der Waals surface area contributed by atoms with Gasteiger partial charge in [-0.2, -0.15) is 4.68 Å². The number of amides is 1. The van der Waals surface area contributed by atoms with Gasteiger partial charge >= 0.3 is 5.97 Å². The molecule has 0 aliphatic rings. The van der Waals surface area contributed by atoms with Gasteiger partial charge in [0.2, 0.25) is 0 Å². The van der Waals surface area contributed by atoms with Crippen LogP contribution >= 0.6 is 11.3 Å². The smallest absolute Gasteiger partial charge is 0.328 e. The number of aliphatic carboxylic acids is 1. The fourth-order valence-corrected chi connectivity index (χ4v) is 2.37. The number of rotatable bonds is 8. The summed E-state index contributed by atoms with van der Waals surface area (Å²) in [4.78, 5) is 23.7. The highest BCUT2D eigenvalue weighted by atomic mass is 32.1. The Morgan fingerprint density at radius 1 is 1.59 bits per heavy atom. The van der Waals surface area contributed by atoms with Crippen LogP contribution in [0.25, 0.3) is 5.69 Å². The van der Waals surface area contributed by atoms with Crippen LogP contribution < -0.4 is 5.32 Å². The van der Waals surface area contributed by atoms with Crippen molar-refractivity contribution in [1.29, 1.82) is 0 Å². The van der Waals surface area contributed by atoms with Gasteiger partial charge in [-0.25, -0.2) is 4.79 Å². The van der Waals surface area contributed by atoms with E-state index in [4.69, 9.17) is 9.84 Å². The second-order valence-electron chi connectivity index (χ2n) is 4.08. The van der Waals surface area contributed by atoms with Gasteiger partial charge in [0.25, 0.3) is 5.91 Å². The quantitative estimate of drug-likeness (QED) is 0.522. The van der Waals surface area contributed by atoms with Crippen molar-refractivity contribution in [3.8, 4) is 5.69 Å². The largest absolute Gasteiger partial charge is 0.480 e. The number of carbonyl (C=O) groups excluding carboxylic acids is 1. The molecule has 0 saturated carbocycles. The topological polar surface area (TPSA) is 119 Å². The Labute approximate surface area is 129 Å². The van der Waals surface area contributed by atoms with Gasteiger partial charge in [0.1, 0.15) is 11.2 Å². The number of hydrogen-bond donors (Lipinski definition) is 2. The molecule has 0 fully saturated rings. The Morgan fingerprint density at radius 2 is 2.41 bits per heavy atom. The number of thiophene rings is 1. The van der Waals surface area contributed by atoms with Crippen molar-refractivity contribution in [2.45, 2.75) is 6.04 Å². The molecule has 1 unspecified atom stereocenters. The lowest BCUT2D eigenvalue weighted by Crippen LogP contribution is -2.44. The molecule has 9 nitrogen and oxygen atoms in total. The number of ether oxygens (including phenoxy) is 1. The van der Waals surface area contributed by atoms with Crippen molar-refractivity contribution in [3.05, 3.63) is 35.3 Å². The summed E-state index contributed by atoms with van der Waals surface area (Å²) in [5.41, 5.74) is 0.476. The second-order valence-corrected chi connectivity index (χ2v) is 5.00. The Hall–Kier alpha value is -2.59. The van der Waals surface area contributed by atoms with Crippen molar-refractivity contribution in [2.75, 3.05) is 13.2 Å².